The molecule has 0 atom stereocenters. The lowest BCUT2D eigenvalue weighted by molar-refractivity contribution is -0.103. The minimum atomic E-state index is -0.799. The fourth-order valence-electron chi connectivity index (χ4n) is 3.34. The minimum Gasteiger partial charge on any atom is -0.509 e. The topological polar surface area (TPSA) is 81.3 Å². The molecule has 0 spiro atoms. The van der Waals surface area contributed by atoms with Crippen LogP contribution in [0.15, 0.2) is 48.5 Å². The number of nitrogens with zero attached hydrogens (tertiary/aromatic N) is 2. The van der Waals surface area contributed by atoms with Gasteiger partial charge in [-0.1, -0.05) is 18.7 Å². The highest BCUT2D eigenvalue weighted by atomic mass is 16.5. The van der Waals surface area contributed by atoms with Crippen LogP contribution >= 0.6 is 0 Å². The number of aliphatic hydroxyl groups excluding tert-OH is 1. The fourth-order valence-corrected chi connectivity index (χ4v) is 3.34. The Kier molecular flexibility index (Phi) is 4.15. The number of benzene rings is 1. The number of aryl methyl sites for hydroxylation is 1. The van der Waals surface area contributed by atoms with Gasteiger partial charge >= 0.3 is 0 Å². The van der Waals surface area contributed by atoms with Gasteiger partial charge in [-0.2, -0.15) is 0 Å². The summed E-state index contributed by atoms with van der Waals surface area (Å²) in [6, 6.07) is 6.05. The van der Waals surface area contributed by atoms with Crippen LogP contribution in [-0.2, 0) is 4.74 Å². The molecule has 0 saturated carbocycles. The second-order valence-electron chi connectivity index (χ2n) is 7.68. The highest BCUT2D eigenvalue weighted by Crippen LogP contribution is 2.46. The van der Waals surface area contributed by atoms with Crippen LogP contribution in [0.3, 0.4) is 0 Å². The van der Waals surface area contributed by atoms with Crippen LogP contribution in [0, 0.1) is 6.92 Å². The quantitative estimate of drug-likeness (QED) is 0.835. The number of aliphatic hydroxyl groups is 1. The lowest BCUT2D eigenvalue weighted by atomic mass is 9.79. The molecule has 0 radical (unpaired) electrons. The average molecular weight is 351 g/mol. The Balaban J connectivity index is 2.21. The minimum absolute atomic E-state index is 0.190. The Hall–Kier alpha value is -2.66. The zero-order valence-electron chi connectivity index (χ0n) is 15.9. The van der Waals surface area contributed by atoms with Crippen molar-refractivity contribution < 1.29 is 9.84 Å². The van der Waals surface area contributed by atoms with Crippen LogP contribution in [0.4, 0.5) is 5.95 Å². The number of anilines is 1. The normalized spacial score (nSPS) is 18.9. The number of hydrogen-bond acceptors (Lipinski definition) is 5. The van der Waals surface area contributed by atoms with E-state index in [4.69, 9.17) is 10.5 Å². The number of nitrogens with two attached hydrogens (primary N) is 1. The Bertz CT molecular complexity index is 909. The fraction of sp³-hybridized carbons (Fsp3) is 0.333. The highest BCUT2D eigenvalue weighted by Gasteiger charge is 2.43. The summed E-state index contributed by atoms with van der Waals surface area (Å²) in [7, 11) is 0. The molecule has 0 saturated heterocycles. The lowest BCUT2D eigenvalue weighted by Gasteiger charge is -2.43. The average Bonchev–Trinajstić information content (AvgIpc) is 2.55. The van der Waals surface area contributed by atoms with E-state index in [9.17, 15) is 5.11 Å². The largest absolute Gasteiger partial charge is 0.509 e. The summed E-state index contributed by atoms with van der Waals surface area (Å²) in [4.78, 5) is 8.13. The van der Waals surface area contributed by atoms with E-state index in [1.807, 2.05) is 52.8 Å². The summed E-state index contributed by atoms with van der Waals surface area (Å²) < 4.78 is 6.06. The molecule has 3 rings (SSSR count). The van der Waals surface area contributed by atoms with Gasteiger partial charge < -0.3 is 15.6 Å². The van der Waals surface area contributed by atoms with E-state index in [1.54, 1.807) is 12.4 Å². The van der Waals surface area contributed by atoms with E-state index in [0.29, 0.717) is 0 Å². The Morgan fingerprint density at radius 3 is 2.27 bits per heavy atom. The molecule has 2 heterocycles. The van der Waals surface area contributed by atoms with E-state index in [1.165, 1.54) is 0 Å². The third-order valence-electron chi connectivity index (χ3n) is 4.86. The zero-order valence-corrected chi connectivity index (χ0v) is 15.9. The zero-order chi connectivity index (χ0) is 19.3. The van der Waals surface area contributed by atoms with Crippen LogP contribution in [0.5, 0.6) is 0 Å². The van der Waals surface area contributed by atoms with E-state index >= 15 is 0 Å². The van der Waals surface area contributed by atoms with Gasteiger partial charge in [0.2, 0.25) is 5.95 Å². The summed E-state index contributed by atoms with van der Waals surface area (Å²) in [5, 5.41) is 10.9. The molecule has 0 fully saturated rings. The molecular formula is C21H25N3O2. The summed E-state index contributed by atoms with van der Waals surface area (Å²) >= 11 is 0. The van der Waals surface area contributed by atoms with Crippen LogP contribution in [-0.4, -0.2) is 26.3 Å². The third kappa shape index (κ3) is 2.99. The molecule has 136 valence electrons. The number of hydrogen-bond donors (Lipinski definition) is 2. The second kappa shape index (κ2) is 5.95. The summed E-state index contributed by atoms with van der Waals surface area (Å²) in [5.41, 5.74) is 9.46. The maximum Gasteiger partial charge on any atom is 0.219 e. The Labute approximate surface area is 154 Å². The first-order valence-corrected chi connectivity index (χ1v) is 8.55. The lowest BCUT2D eigenvalue weighted by Crippen LogP contribution is -2.44. The van der Waals surface area contributed by atoms with Crippen molar-refractivity contribution in [3.05, 3.63) is 59.6 Å². The molecule has 1 aromatic heterocycles. The molecule has 26 heavy (non-hydrogen) atoms. The van der Waals surface area contributed by atoms with Gasteiger partial charge in [0.05, 0.1) is 5.60 Å². The predicted molar refractivity (Wildman–Crippen MR) is 105 cm³/mol. The molecule has 3 N–H and O–H groups in total. The molecule has 0 amide bonds. The summed E-state index contributed by atoms with van der Waals surface area (Å²) in [6.07, 6.45) is 3.38. The molecule has 1 aliphatic heterocycles. The molecule has 5 heteroatoms. The maximum absolute atomic E-state index is 10.9. The maximum atomic E-state index is 10.9. The molecule has 5 nitrogen and oxygen atoms in total. The van der Waals surface area contributed by atoms with Crippen molar-refractivity contribution in [3.8, 4) is 11.1 Å². The molecule has 0 unspecified atom stereocenters. The van der Waals surface area contributed by atoms with Gasteiger partial charge in [0.25, 0.3) is 0 Å². The third-order valence-corrected chi connectivity index (χ3v) is 4.86. The first-order chi connectivity index (χ1) is 12.0. The Morgan fingerprint density at radius 2 is 1.65 bits per heavy atom. The highest BCUT2D eigenvalue weighted by molar-refractivity contribution is 5.86. The SMILES string of the molecule is C=C1C(c2cc(-c3cnc(N)nc3)ccc2C)=C(O)C(C)(C)OC1(C)C. The van der Waals surface area contributed by atoms with Gasteiger partial charge in [0, 0.05) is 23.5 Å². The number of aromatic nitrogens is 2. The monoisotopic (exact) mass is 351 g/mol. The van der Waals surface area contributed by atoms with E-state index in [0.717, 1.165) is 33.4 Å². The number of nitrogen functional groups attached to an aromatic ring is 1. The first kappa shape index (κ1) is 18.1. The molecular weight excluding hydrogens is 326 g/mol. The molecule has 2 aromatic rings. The van der Waals surface area contributed by atoms with Crippen molar-refractivity contribution in [2.75, 3.05) is 5.73 Å². The second-order valence-corrected chi connectivity index (χ2v) is 7.68. The van der Waals surface area contributed by atoms with Gasteiger partial charge in [-0.25, -0.2) is 9.97 Å². The van der Waals surface area contributed by atoms with E-state index in [2.05, 4.69) is 16.5 Å². The number of rotatable bonds is 2. The van der Waals surface area contributed by atoms with Crippen LogP contribution in [0.25, 0.3) is 16.7 Å². The number of ether oxygens (including phenoxy) is 1. The van der Waals surface area contributed by atoms with Gasteiger partial charge in [-0.3, -0.25) is 0 Å². The molecule has 0 aliphatic carbocycles. The van der Waals surface area contributed by atoms with Crippen molar-refractivity contribution >= 4 is 11.5 Å². The van der Waals surface area contributed by atoms with Gasteiger partial charge in [-0.05, 0) is 62.9 Å². The van der Waals surface area contributed by atoms with Gasteiger partial charge in [0.15, 0.2) is 0 Å². The van der Waals surface area contributed by atoms with E-state index in [-0.39, 0.29) is 11.7 Å². The molecule has 1 aromatic carbocycles. The van der Waals surface area contributed by atoms with Crippen LogP contribution in [0.1, 0.15) is 38.8 Å². The molecule has 1 aliphatic rings. The Morgan fingerprint density at radius 1 is 1.04 bits per heavy atom. The van der Waals surface area contributed by atoms with Crippen molar-refractivity contribution in [3.63, 3.8) is 0 Å². The summed E-state index contributed by atoms with van der Waals surface area (Å²) in [6.45, 7) is 13.9. The van der Waals surface area contributed by atoms with Crippen LogP contribution < -0.4 is 5.73 Å². The van der Waals surface area contributed by atoms with Gasteiger partial charge in [-0.15, -0.1) is 0 Å². The van der Waals surface area contributed by atoms with Crippen molar-refractivity contribution in [2.24, 2.45) is 0 Å². The smallest absolute Gasteiger partial charge is 0.219 e. The standard InChI is InChI=1S/C21H25N3O2/c1-12-7-8-14(15-10-23-19(22)24-11-15)9-16(12)17-13(2)20(3,4)26-21(5,6)18(17)25/h7-11,25H,2H2,1,3-6H3,(H2,22,23,24). The van der Waals surface area contributed by atoms with Crippen molar-refractivity contribution in [1.82, 2.24) is 9.97 Å². The van der Waals surface area contributed by atoms with E-state index < -0.39 is 11.2 Å². The summed E-state index contributed by atoms with van der Waals surface area (Å²) in [5.74, 6) is 0.429. The first-order valence-electron chi connectivity index (χ1n) is 8.55. The van der Waals surface area contributed by atoms with Crippen molar-refractivity contribution in [2.45, 2.75) is 45.8 Å². The predicted octanol–water partition coefficient (Wildman–Crippen LogP) is 4.45. The van der Waals surface area contributed by atoms with Crippen molar-refractivity contribution in [1.29, 1.82) is 0 Å². The molecule has 0 bridgehead atoms. The van der Waals surface area contributed by atoms with Gasteiger partial charge in [0.1, 0.15) is 11.4 Å². The van der Waals surface area contributed by atoms with Crippen LogP contribution in [0.2, 0.25) is 0 Å².